The molecule has 4 nitrogen and oxygen atoms in total. The van der Waals surface area contributed by atoms with E-state index >= 15 is 0 Å². The van der Waals surface area contributed by atoms with E-state index in [1.165, 1.54) is 7.11 Å². The number of hydrogen-bond acceptors (Lipinski definition) is 4. The van der Waals surface area contributed by atoms with E-state index in [1.807, 2.05) is 13.0 Å². The Morgan fingerprint density at radius 1 is 1.22 bits per heavy atom. The van der Waals surface area contributed by atoms with E-state index in [-0.39, 0.29) is 5.97 Å². The van der Waals surface area contributed by atoms with Gasteiger partial charge in [0, 0.05) is 0 Å². The first-order valence-corrected chi connectivity index (χ1v) is 5.94. The van der Waals surface area contributed by atoms with Gasteiger partial charge in [0.25, 0.3) is 0 Å². The molecule has 0 amide bonds. The highest BCUT2D eigenvalue weighted by Crippen LogP contribution is 2.15. The molecule has 0 aliphatic rings. The molecule has 0 saturated carbocycles. The molecule has 2 unspecified atom stereocenters. The van der Waals surface area contributed by atoms with Gasteiger partial charge in [-0.15, -0.1) is 0 Å². The Labute approximate surface area is 107 Å². The van der Waals surface area contributed by atoms with Gasteiger partial charge >= 0.3 is 11.9 Å². The second-order valence-electron chi connectivity index (χ2n) is 4.01. The predicted octanol–water partition coefficient (Wildman–Crippen LogP) is 2.43. The second kappa shape index (κ2) is 6.79. The van der Waals surface area contributed by atoms with Crippen LogP contribution in [0, 0.1) is 5.92 Å². The molecule has 4 heteroatoms. The monoisotopic (exact) mass is 250 g/mol. The van der Waals surface area contributed by atoms with Crippen molar-refractivity contribution in [3.63, 3.8) is 0 Å². The Morgan fingerprint density at radius 2 is 1.83 bits per heavy atom. The van der Waals surface area contributed by atoms with E-state index in [9.17, 15) is 9.59 Å². The predicted molar refractivity (Wildman–Crippen MR) is 67.1 cm³/mol. The molecule has 0 spiro atoms. The Morgan fingerprint density at radius 3 is 2.33 bits per heavy atom. The number of carbonyl (C=O) groups is 2. The Kier molecular flexibility index (Phi) is 5.36. The van der Waals surface area contributed by atoms with E-state index in [0.717, 1.165) is 0 Å². The summed E-state index contributed by atoms with van der Waals surface area (Å²) in [7, 11) is 1.33. The van der Waals surface area contributed by atoms with Crippen molar-refractivity contribution in [2.45, 2.75) is 26.4 Å². The van der Waals surface area contributed by atoms with Crippen LogP contribution in [-0.2, 0) is 14.3 Å². The highest BCUT2D eigenvalue weighted by molar-refractivity contribution is 5.89. The largest absolute Gasteiger partial charge is 0.469 e. The van der Waals surface area contributed by atoms with Crippen LogP contribution >= 0.6 is 0 Å². The van der Waals surface area contributed by atoms with Crippen molar-refractivity contribution >= 4 is 11.9 Å². The summed E-state index contributed by atoms with van der Waals surface area (Å²) < 4.78 is 9.95. The van der Waals surface area contributed by atoms with E-state index in [2.05, 4.69) is 4.74 Å². The summed E-state index contributed by atoms with van der Waals surface area (Å²) in [4.78, 5) is 23.3. The summed E-state index contributed by atoms with van der Waals surface area (Å²) in [5, 5.41) is 0. The van der Waals surface area contributed by atoms with Gasteiger partial charge in [-0.25, -0.2) is 4.79 Å². The van der Waals surface area contributed by atoms with Gasteiger partial charge in [0.15, 0.2) is 0 Å². The summed E-state index contributed by atoms with van der Waals surface area (Å²) in [6.07, 6.45) is 0.0609. The lowest BCUT2D eigenvalue weighted by atomic mass is 10.0. The van der Waals surface area contributed by atoms with E-state index in [1.54, 1.807) is 31.2 Å². The average molecular weight is 250 g/mol. The fraction of sp³-hybridized carbons (Fsp3) is 0.429. The van der Waals surface area contributed by atoms with Crippen molar-refractivity contribution in [2.75, 3.05) is 7.11 Å². The number of benzene rings is 1. The molecular formula is C14H18O4. The lowest BCUT2D eigenvalue weighted by Crippen LogP contribution is -2.30. The van der Waals surface area contributed by atoms with Crippen LogP contribution < -0.4 is 0 Å². The third kappa shape index (κ3) is 3.58. The van der Waals surface area contributed by atoms with Crippen LogP contribution in [0.3, 0.4) is 0 Å². The van der Waals surface area contributed by atoms with Crippen molar-refractivity contribution < 1.29 is 19.1 Å². The third-order valence-electron chi connectivity index (χ3n) is 2.81. The molecule has 98 valence electrons. The number of esters is 2. The zero-order valence-electron chi connectivity index (χ0n) is 10.9. The van der Waals surface area contributed by atoms with Crippen LogP contribution in [0.15, 0.2) is 30.3 Å². The van der Waals surface area contributed by atoms with Crippen LogP contribution in [0.25, 0.3) is 0 Å². The van der Waals surface area contributed by atoms with Gasteiger partial charge < -0.3 is 9.47 Å². The lowest BCUT2D eigenvalue weighted by Gasteiger charge is -2.20. The zero-order valence-corrected chi connectivity index (χ0v) is 10.9. The molecule has 0 heterocycles. The Balaban J connectivity index is 2.66. The highest BCUT2D eigenvalue weighted by Gasteiger charge is 2.27. The Hall–Kier alpha value is -1.84. The molecule has 18 heavy (non-hydrogen) atoms. The number of hydrogen-bond donors (Lipinski definition) is 0. The summed E-state index contributed by atoms with van der Waals surface area (Å²) in [6.45, 7) is 3.56. The fourth-order valence-electron chi connectivity index (χ4n) is 1.73. The third-order valence-corrected chi connectivity index (χ3v) is 2.81. The summed E-state index contributed by atoms with van der Waals surface area (Å²) in [5.74, 6) is -1.21. The van der Waals surface area contributed by atoms with Crippen molar-refractivity contribution in [1.82, 2.24) is 0 Å². The maximum atomic E-state index is 11.8. The number of ether oxygens (including phenoxy) is 2. The summed E-state index contributed by atoms with van der Waals surface area (Å²) in [5.41, 5.74) is 0.476. The van der Waals surface area contributed by atoms with Crippen LogP contribution in [0.4, 0.5) is 0 Å². The first-order chi connectivity index (χ1) is 8.60. The second-order valence-corrected chi connectivity index (χ2v) is 4.01. The van der Waals surface area contributed by atoms with Crippen molar-refractivity contribution in [1.29, 1.82) is 0 Å². The van der Waals surface area contributed by atoms with E-state index in [0.29, 0.717) is 12.0 Å². The standard InChI is InChI=1S/C14H18O4/c1-4-12(14(16)17-3)10(2)18-13(15)11-8-6-5-7-9-11/h5-10,12H,4H2,1-3H3. The lowest BCUT2D eigenvalue weighted by molar-refractivity contribution is -0.149. The first kappa shape index (κ1) is 14.2. The summed E-state index contributed by atoms with van der Waals surface area (Å²) in [6, 6.07) is 8.70. The molecule has 1 rings (SSSR count). The smallest absolute Gasteiger partial charge is 0.338 e. The number of methoxy groups -OCH3 is 1. The maximum Gasteiger partial charge on any atom is 0.338 e. The number of rotatable bonds is 5. The van der Waals surface area contributed by atoms with Gasteiger partial charge in [0.1, 0.15) is 6.10 Å². The van der Waals surface area contributed by atoms with Crippen LogP contribution in [0.2, 0.25) is 0 Å². The van der Waals surface area contributed by atoms with E-state index in [4.69, 9.17) is 4.74 Å². The normalized spacial score (nSPS) is 13.5. The van der Waals surface area contributed by atoms with E-state index < -0.39 is 18.0 Å². The molecule has 0 bridgehead atoms. The maximum absolute atomic E-state index is 11.8. The highest BCUT2D eigenvalue weighted by atomic mass is 16.6. The first-order valence-electron chi connectivity index (χ1n) is 5.94. The van der Waals surface area contributed by atoms with Crippen molar-refractivity contribution in [2.24, 2.45) is 5.92 Å². The minimum atomic E-state index is -0.504. The fourth-order valence-corrected chi connectivity index (χ4v) is 1.73. The molecule has 1 aromatic carbocycles. The van der Waals surface area contributed by atoms with Crippen molar-refractivity contribution in [3.8, 4) is 0 Å². The topological polar surface area (TPSA) is 52.6 Å². The average Bonchev–Trinajstić information content (AvgIpc) is 2.40. The molecule has 0 N–H and O–H groups in total. The van der Waals surface area contributed by atoms with Crippen molar-refractivity contribution in [3.05, 3.63) is 35.9 Å². The van der Waals surface area contributed by atoms with Crippen LogP contribution in [-0.4, -0.2) is 25.2 Å². The van der Waals surface area contributed by atoms with Gasteiger partial charge in [-0.2, -0.15) is 0 Å². The molecule has 1 aromatic rings. The van der Waals surface area contributed by atoms with Gasteiger partial charge in [-0.1, -0.05) is 25.1 Å². The van der Waals surface area contributed by atoms with Gasteiger partial charge in [-0.05, 0) is 25.5 Å². The zero-order chi connectivity index (χ0) is 13.5. The molecular weight excluding hydrogens is 232 g/mol. The van der Waals surface area contributed by atoms with Gasteiger partial charge in [-0.3, -0.25) is 4.79 Å². The molecule has 0 aromatic heterocycles. The molecule has 0 aliphatic carbocycles. The van der Waals surface area contributed by atoms with Gasteiger partial charge in [0.2, 0.25) is 0 Å². The molecule has 0 fully saturated rings. The van der Waals surface area contributed by atoms with Crippen LogP contribution in [0.1, 0.15) is 30.6 Å². The molecule has 0 saturated heterocycles. The SMILES string of the molecule is CCC(C(=O)OC)C(C)OC(=O)c1ccccc1. The Bertz CT molecular complexity index is 400. The van der Waals surface area contributed by atoms with Crippen LogP contribution in [0.5, 0.6) is 0 Å². The summed E-state index contributed by atoms with van der Waals surface area (Å²) >= 11 is 0. The quantitative estimate of drug-likeness (QED) is 0.753. The minimum absolute atomic E-state index is 0.356. The minimum Gasteiger partial charge on any atom is -0.469 e. The van der Waals surface area contributed by atoms with Gasteiger partial charge in [0.05, 0.1) is 18.6 Å². The number of carbonyl (C=O) groups excluding carboxylic acids is 2. The molecule has 0 aliphatic heterocycles. The molecule has 0 radical (unpaired) electrons. The molecule has 2 atom stereocenters.